The summed E-state index contributed by atoms with van der Waals surface area (Å²) < 4.78 is 13.7. The highest BCUT2D eigenvalue weighted by Gasteiger charge is 2.19. The number of halogens is 3. The van der Waals surface area contributed by atoms with Crippen LogP contribution in [0, 0.1) is 12.7 Å². The molecule has 0 spiro atoms. The maximum Gasteiger partial charge on any atom is 0.129 e. The molecule has 0 aliphatic heterocycles. The molecule has 92 valence electrons. The first-order valence-electron chi connectivity index (χ1n) is 4.84. The SMILES string of the molecule is Cc1ccc(F)c([C@H](N)c2cccs2)c1Cl.Cl. The van der Waals surface area contributed by atoms with Crippen molar-refractivity contribution in [3.8, 4) is 0 Å². The number of nitrogens with two attached hydrogens (primary N) is 1. The minimum absolute atomic E-state index is 0. The molecule has 0 unspecified atom stereocenters. The fraction of sp³-hybridized carbons (Fsp3) is 0.167. The molecule has 0 fully saturated rings. The monoisotopic (exact) mass is 291 g/mol. The molecule has 17 heavy (non-hydrogen) atoms. The molecular formula is C12H12Cl2FNS. The molecule has 0 saturated heterocycles. The second-order valence-corrected chi connectivity index (χ2v) is 4.94. The lowest BCUT2D eigenvalue weighted by molar-refractivity contribution is 0.600. The summed E-state index contributed by atoms with van der Waals surface area (Å²) in [5.74, 6) is -0.350. The molecule has 1 nitrogen and oxygen atoms in total. The maximum absolute atomic E-state index is 13.7. The fourth-order valence-electron chi connectivity index (χ4n) is 1.57. The van der Waals surface area contributed by atoms with Gasteiger partial charge in [-0.05, 0) is 30.0 Å². The van der Waals surface area contributed by atoms with Crippen molar-refractivity contribution in [1.29, 1.82) is 0 Å². The summed E-state index contributed by atoms with van der Waals surface area (Å²) in [5, 5.41) is 2.33. The van der Waals surface area contributed by atoms with Crippen LogP contribution in [0.5, 0.6) is 0 Å². The standard InChI is InChI=1S/C12H11ClFNS.ClH/c1-7-4-5-8(14)10(11(7)13)12(15)9-3-2-6-16-9;/h2-6,12H,15H2,1H3;1H/t12-;/m1./s1. The van der Waals surface area contributed by atoms with E-state index in [2.05, 4.69) is 0 Å². The van der Waals surface area contributed by atoms with Crippen molar-refractivity contribution >= 4 is 35.3 Å². The van der Waals surface area contributed by atoms with E-state index in [1.807, 2.05) is 24.4 Å². The molecule has 2 rings (SSSR count). The van der Waals surface area contributed by atoms with E-state index in [4.69, 9.17) is 17.3 Å². The van der Waals surface area contributed by atoms with Crippen molar-refractivity contribution in [2.45, 2.75) is 13.0 Å². The van der Waals surface area contributed by atoms with Crippen molar-refractivity contribution in [2.75, 3.05) is 0 Å². The first-order valence-corrected chi connectivity index (χ1v) is 6.10. The van der Waals surface area contributed by atoms with Crippen molar-refractivity contribution in [2.24, 2.45) is 5.73 Å². The van der Waals surface area contributed by atoms with Gasteiger partial charge in [0.15, 0.2) is 0 Å². The predicted molar refractivity (Wildman–Crippen MR) is 73.7 cm³/mol. The summed E-state index contributed by atoms with van der Waals surface area (Å²) >= 11 is 7.59. The van der Waals surface area contributed by atoms with Crippen LogP contribution in [0.3, 0.4) is 0 Å². The van der Waals surface area contributed by atoms with Gasteiger partial charge in [0.25, 0.3) is 0 Å². The molecule has 5 heteroatoms. The van der Waals surface area contributed by atoms with Crippen LogP contribution in [0.25, 0.3) is 0 Å². The van der Waals surface area contributed by atoms with Crippen LogP contribution in [-0.2, 0) is 0 Å². The average Bonchev–Trinajstić information content (AvgIpc) is 2.77. The Labute approximate surface area is 115 Å². The van der Waals surface area contributed by atoms with Gasteiger partial charge in [0.2, 0.25) is 0 Å². The zero-order valence-electron chi connectivity index (χ0n) is 9.11. The van der Waals surface area contributed by atoms with Crippen LogP contribution >= 0.6 is 35.3 Å². The van der Waals surface area contributed by atoms with E-state index in [9.17, 15) is 4.39 Å². The molecule has 1 aromatic heterocycles. The van der Waals surface area contributed by atoms with E-state index in [-0.39, 0.29) is 18.2 Å². The van der Waals surface area contributed by atoms with E-state index in [1.54, 1.807) is 6.07 Å². The van der Waals surface area contributed by atoms with E-state index in [0.29, 0.717) is 10.6 Å². The Morgan fingerprint density at radius 1 is 1.35 bits per heavy atom. The molecule has 0 aliphatic rings. The van der Waals surface area contributed by atoms with Crippen LogP contribution in [0.2, 0.25) is 5.02 Å². The molecule has 1 atom stereocenters. The lowest BCUT2D eigenvalue weighted by Crippen LogP contribution is -2.13. The van der Waals surface area contributed by atoms with E-state index in [0.717, 1.165) is 10.4 Å². The van der Waals surface area contributed by atoms with E-state index < -0.39 is 6.04 Å². The molecule has 2 N–H and O–H groups in total. The van der Waals surface area contributed by atoms with Gasteiger partial charge in [0, 0.05) is 10.4 Å². The summed E-state index contributed by atoms with van der Waals surface area (Å²) in [4.78, 5) is 0.909. The van der Waals surface area contributed by atoms with Gasteiger partial charge in [0.1, 0.15) is 5.82 Å². The average molecular weight is 292 g/mol. The van der Waals surface area contributed by atoms with Gasteiger partial charge in [-0.2, -0.15) is 0 Å². The van der Waals surface area contributed by atoms with Crippen LogP contribution in [0.4, 0.5) is 4.39 Å². The lowest BCUT2D eigenvalue weighted by atomic mass is 10.0. The van der Waals surface area contributed by atoms with Crippen LogP contribution < -0.4 is 5.73 Å². The highest BCUT2D eigenvalue weighted by molar-refractivity contribution is 7.10. The number of aryl methyl sites for hydroxylation is 1. The van der Waals surface area contributed by atoms with Crippen LogP contribution in [-0.4, -0.2) is 0 Å². The fourth-order valence-corrected chi connectivity index (χ4v) is 2.58. The number of rotatable bonds is 2. The highest BCUT2D eigenvalue weighted by atomic mass is 35.5. The number of hydrogen-bond donors (Lipinski definition) is 1. The largest absolute Gasteiger partial charge is 0.319 e. The van der Waals surface area contributed by atoms with Crippen molar-refractivity contribution in [3.05, 3.63) is 56.5 Å². The van der Waals surface area contributed by atoms with Crippen LogP contribution in [0.15, 0.2) is 29.6 Å². The first kappa shape index (κ1) is 14.5. The first-order chi connectivity index (χ1) is 7.61. The normalized spacial score (nSPS) is 12.0. The van der Waals surface area contributed by atoms with Crippen molar-refractivity contribution in [1.82, 2.24) is 0 Å². The summed E-state index contributed by atoms with van der Waals surface area (Å²) in [6, 6.07) is 6.34. The second kappa shape index (κ2) is 5.83. The van der Waals surface area contributed by atoms with E-state index in [1.165, 1.54) is 17.4 Å². The third-order valence-corrected chi connectivity index (χ3v) is 3.94. The minimum Gasteiger partial charge on any atom is -0.319 e. The summed E-state index contributed by atoms with van der Waals surface area (Å²) in [7, 11) is 0. The van der Waals surface area contributed by atoms with Crippen molar-refractivity contribution in [3.63, 3.8) is 0 Å². The Bertz CT molecular complexity index is 499. The minimum atomic E-state index is -0.493. The number of hydrogen-bond acceptors (Lipinski definition) is 2. The number of benzene rings is 1. The third kappa shape index (κ3) is 2.80. The molecule has 0 saturated carbocycles. The van der Waals surface area contributed by atoms with Gasteiger partial charge in [0.05, 0.1) is 11.1 Å². The van der Waals surface area contributed by atoms with Gasteiger partial charge in [-0.15, -0.1) is 23.7 Å². The van der Waals surface area contributed by atoms with Gasteiger partial charge in [-0.3, -0.25) is 0 Å². The van der Waals surface area contributed by atoms with Crippen LogP contribution in [0.1, 0.15) is 22.0 Å². The Kier molecular flexibility index (Phi) is 4.95. The molecule has 0 radical (unpaired) electrons. The second-order valence-electron chi connectivity index (χ2n) is 3.59. The van der Waals surface area contributed by atoms with E-state index >= 15 is 0 Å². The van der Waals surface area contributed by atoms with Gasteiger partial charge >= 0.3 is 0 Å². The molecule has 1 heterocycles. The Morgan fingerprint density at radius 2 is 2.06 bits per heavy atom. The Hall–Kier alpha value is -0.610. The predicted octanol–water partition coefficient (Wildman–Crippen LogP) is 4.32. The quantitative estimate of drug-likeness (QED) is 0.876. The van der Waals surface area contributed by atoms with Gasteiger partial charge in [-0.25, -0.2) is 4.39 Å². The smallest absolute Gasteiger partial charge is 0.129 e. The van der Waals surface area contributed by atoms with Crippen molar-refractivity contribution < 1.29 is 4.39 Å². The summed E-state index contributed by atoms with van der Waals surface area (Å²) in [6.07, 6.45) is 0. The van der Waals surface area contributed by atoms with Gasteiger partial charge < -0.3 is 5.73 Å². The molecular weight excluding hydrogens is 280 g/mol. The Balaban J connectivity index is 0.00000144. The molecule has 0 aliphatic carbocycles. The number of thiophene rings is 1. The third-order valence-electron chi connectivity index (χ3n) is 2.48. The Morgan fingerprint density at radius 3 is 2.65 bits per heavy atom. The molecule has 0 amide bonds. The topological polar surface area (TPSA) is 26.0 Å². The zero-order valence-corrected chi connectivity index (χ0v) is 11.5. The lowest BCUT2D eigenvalue weighted by Gasteiger charge is -2.14. The molecule has 2 aromatic rings. The molecule has 1 aromatic carbocycles. The summed E-state index contributed by atoms with van der Waals surface area (Å²) in [5.41, 5.74) is 7.23. The highest BCUT2D eigenvalue weighted by Crippen LogP contribution is 2.32. The molecule has 0 bridgehead atoms. The maximum atomic E-state index is 13.7. The van der Waals surface area contributed by atoms with Gasteiger partial charge in [-0.1, -0.05) is 23.7 Å². The summed E-state index contributed by atoms with van der Waals surface area (Å²) in [6.45, 7) is 1.84. The zero-order chi connectivity index (χ0) is 11.7.